The van der Waals surface area contributed by atoms with E-state index in [1.807, 2.05) is 55.5 Å². The van der Waals surface area contributed by atoms with E-state index in [0.29, 0.717) is 25.3 Å². The zero-order valence-electron chi connectivity index (χ0n) is 18.1. The quantitative estimate of drug-likeness (QED) is 0.491. The Labute approximate surface area is 186 Å². The molecule has 0 bridgehead atoms. The molecule has 1 saturated heterocycles. The van der Waals surface area contributed by atoms with Crippen molar-refractivity contribution in [2.75, 3.05) is 24.6 Å². The average molecular weight is 431 g/mol. The van der Waals surface area contributed by atoms with Gasteiger partial charge in [-0.25, -0.2) is 9.97 Å². The Kier molecular flexibility index (Phi) is 5.62. The summed E-state index contributed by atoms with van der Waals surface area (Å²) in [6.07, 6.45) is 3.34. The van der Waals surface area contributed by atoms with E-state index in [1.165, 1.54) is 0 Å². The number of amides is 1. The van der Waals surface area contributed by atoms with Crippen LogP contribution in [-0.2, 0) is 11.3 Å². The van der Waals surface area contributed by atoms with Crippen molar-refractivity contribution in [3.05, 3.63) is 60.4 Å². The molecule has 1 amide bonds. The van der Waals surface area contributed by atoms with Crippen molar-refractivity contribution < 1.29 is 13.9 Å². The van der Waals surface area contributed by atoms with E-state index in [2.05, 4.69) is 20.2 Å². The first kappa shape index (κ1) is 20.3. The van der Waals surface area contributed by atoms with Gasteiger partial charge in [-0.2, -0.15) is 0 Å². The highest BCUT2D eigenvalue weighted by atomic mass is 16.5. The van der Waals surface area contributed by atoms with Gasteiger partial charge in [0.15, 0.2) is 11.4 Å². The minimum absolute atomic E-state index is 0.0518. The molecule has 0 radical (unpaired) electrons. The molecule has 1 aliphatic heterocycles. The number of aromatic nitrogens is 2. The number of para-hydroxylation sites is 2. The number of piperidine rings is 1. The highest BCUT2D eigenvalue weighted by molar-refractivity contribution is 6.05. The third-order valence-electron chi connectivity index (χ3n) is 5.96. The SMILES string of the molecule is CCOc1ccccc1CNC(=O)[C@@H]1CCCN(c2ncnc3c2oc2ccccc23)C1. The topological polar surface area (TPSA) is 80.5 Å². The average Bonchev–Trinajstić information content (AvgIpc) is 3.22. The van der Waals surface area contributed by atoms with Gasteiger partial charge in [0.2, 0.25) is 5.91 Å². The highest BCUT2D eigenvalue weighted by Crippen LogP contribution is 2.33. The van der Waals surface area contributed by atoms with Gasteiger partial charge in [0.1, 0.15) is 23.2 Å². The predicted molar refractivity (Wildman–Crippen MR) is 124 cm³/mol. The standard InChI is InChI=1S/C25H26N4O3/c1-2-31-20-11-5-3-8-17(20)14-26-25(30)18-9-7-13-29(15-18)24-23-22(27-16-28-24)19-10-4-6-12-21(19)32-23/h3-6,8,10-12,16,18H,2,7,9,13-15H2,1H3,(H,26,30)/t18-/m1/s1. The number of nitrogens with zero attached hydrogens (tertiary/aromatic N) is 3. The van der Waals surface area contributed by atoms with E-state index in [0.717, 1.165) is 53.0 Å². The van der Waals surface area contributed by atoms with Crippen molar-refractivity contribution in [1.29, 1.82) is 0 Å². The molecule has 1 N–H and O–H groups in total. The maximum Gasteiger partial charge on any atom is 0.225 e. The first-order valence-electron chi connectivity index (χ1n) is 11.1. The van der Waals surface area contributed by atoms with Gasteiger partial charge < -0.3 is 19.4 Å². The number of fused-ring (bicyclic) bond motifs is 3. The summed E-state index contributed by atoms with van der Waals surface area (Å²) in [4.78, 5) is 24.1. The Hall–Kier alpha value is -3.61. The molecule has 2 aromatic carbocycles. The summed E-state index contributed by atoms with van der Waals surface area (Å²) in [5.74, 6) is 1.51. The summed E-state index contributed by atoms with van der Waals surface area (Å²) >= 11 is 0. The van der Waals surface area contributed by atoms with E-state index >= 15 is 0 Å². The van der Waals surface area contributed by atoms with Crippen molar-refractivity contribution in [3.8, 4) is 5.75 Å². The second-order valence-corrected chi connectivity index (χ2v) is 8.02. The fraction of sp³-hybridized carbons (Fsp3) is 0.320. The van der Waals surface area contributed by atoms with Gasteiger partial charge in [-0.05, 0) is 38.0 Å². The molecule has 164 valence electrons. The molecule has 0 unspecified atom stereocenters. The fourth-order valence-corrected chi connectivity index (χ4v) is 4.39. The second-order valence-electron chi connectivity index (χ2n) is 8.02. The maximum absolute atomic E-state index is 13.0. The van der Waals surface area contributed by atoms with Crippen LogP contribution < -0.4 is 15.0 Å². The predicted octanol–water partition coefficient (Wildman–Crippen LogP) is 4.31. The van der Waals surface area contributed by atoms with Crippen molar-refractivity contribution in [2.45, 2.75) is 26.3 Å². The minimum Gasteiger partial charge on any atom is -0.494 e. The lowest BCUT2D eigenvalue weighted by atomic mass is 9.97. The van der Waals surface area contributed by atoms with Gasteiger partial charge in [0, 0.05) is 30.6 Å². The van der Waals surface area contributed by atoms with Gasteiger partial charge in [-0.15, -0.1) is 0 Å². The molecule has 3 heterocycles. The number of hydrogen-bond donors (Lipinski definition) is 1. The van der Waals surface area contributed by atoms with Crippen LogP contribution in [0.4, 0.5) is 5.82 Å². The zero-order valence-corrected chi connectivity index (χ0v) is 18.1. The van der Waals surface area contributed by atoms with Crippen LogP contribution in [0.2, 0.25) is 0 Å². The molecule has 1 fully saturated rings. The first-order valence-corrected chi connectivity index (χ1v) is 11.1. The Morgan fingerprint density at radius 2 is 2.03 bits per heavy atom. The van der Waals surface area contributed by atoms with E-state index in [4.69, 9.17) is 9.15 Å². The molecule has 0 saturated carbocycles. The van der Waals surface area contributed by atoms with Gasteiger partial charge in [0.25, 0.3) is 0 Å². The summed E-state index contributed by atoms with van der Waals surface area (Å²) in [5, 5.41) is 4.07. The molecule has 5 rings (SSSR count). The van der Waals surface area contributed by atoms with Crippen LogP contribution in [0.15, 0.2) is 59.3 Å². The maximum atomic E-state index is 13.0. The van der Waals surface area contributed by atoms with E-state index in [1.54, 1.807) is 6.33 Å². The Balaban J connectivity index is 1.32. The molecule has 2 aromatic heterocycles. The van der Waals surface area contributed by atoms with Crippen molar-refractivity contribution in [3.63, 3.8) is 0 Å². The van der Waals surface area contributed by atoms with Crippen LogP contribution in [0.5, 0.6) is 5.75 Å². The molecular formula is C25H26N4O3. The summed E-state index contributed by atoms with van der Waals surface area (Å²) in [5.41, 5.74) is 3.27. The molecule has 7 heteroatoms. The van der Waals surface area contributed by atoms with Crippen molar-refractivity contribution in [1.82, 2.24) is 15.3 Å². The molecular weight excluding hydrogens is 404 g/mol. The lowest BCUT2D eigenvalue weighted by Gasteiger charge is -2.32. The molecule has 1 aliphatic rings. The van der Waals surface area contributed by atoms with Crippen LogP contribution in [0.25, 0.3) is 22.1 Å². The monoisotopic (exact) mass is 430 g/mol. The molecule has 4 aromatic rings. The van der Waals surface area contributed by atoms with Gasteiger partial charge >= 0.3 is 0 Å². The summed E-state index contributed by atoms with van der Waals surface area (Å²) in [6.45, 7) is 4.44. The number of nitrogens with one attached hydrogen (secondary N) is 1. The molecule has 1 atom stereocenters. The normalized spacial score (nSPS) is 16.4. The summed E-state index contributed by atoms with van der Waals surface area (Å²) in [6, 6.07) is 15.7. The van der Waals surface area contributed by atoms with Crippen LogP contribution in [0, 0.1) is 5.92 Å². The van der Waals surface area contributed by atoms with Crippen LogP contribution in [0.1, 0.15) is 25.3 Å². The van der Waals surface area contributed by atoms with Crippen LogP contribution in [0.3, 0.4) is 0 Å². The third kappa shape index (κ3) is 3.86. The molecule has 0 spiro atoms. The van der Waals surface area contributed by atoms with Crippen LogP contribution >= 0.6 is 0 Å². The zero-order chi connectivity index (χ0) is 21.9. The Morgan fingerprint density at radius 1 is 1.19 bits per heavy atom. The number of benzene rings is 2. The van der Waals surface area contributed by atoms with Gasteiger partial charge in [-0.3, -0.25) is 4.79 Å². The summed E-state index contributed by atoms with van der Waals surface area (Å²) in [7, 11) is 0. The van der Waals surface area contributed by atoms with E-state index in [-0.39, 0.29) is 11.8 Å². The van der Waals surface area contributed by atoms with E-state index in [9.17, 15) is 4.79 Å². The van der Waals surface area contributed by atoms with E-state index < -0.39 is 0 Å². The number of ether oxygens (including phenoxy) is 1. The number of carbonyl (C=O) groups is 1. The van der Waals surface area contributed by atoms with Crippen molar-refractivity contribution >= 4 is 33.8 Å². The number of anilines is 1. The van der Waals surface area contributed by atoms with Gasteiger partial charge in [0.05, 0.1) is 12.5 Å². The molecule has 32 heavy (non-hydrogen) atoms. The Morgan fingerprint density at radius 3 is 2.94 bits per heavy atom. The molecule has 0 aliphatic carbocycles. The minimum atomic E-state index is -0.114. The highest BCUT2D eigenvalue weighted by Gasteiger charge is 2.28. The lowest BCUT2D eigenvalue weighted by Crippen LogP contribution is -2.43. The lowest BCUT2D eigenvalue weighted by molar-refractivity contribution is -0.125. The Bertz CT molecular complexity index is 1250. The smallest absolute Gasteiger partial charge is 0.225 e. The first-order chi connectivity index (χ1) is 15.7. The fourth-order valence-electron chi connectivity index (χ4n) is 4.39. The number of rotatable bonds is 6. The third-order valence-corrected chi connectivity index (χ3v) is 5.96. The number of carbonyl (C=O) groups excluding carboxylic acids is 1. The molecule has 7 nitrogen and oxygen atoms in total. The summed E-state index contributed by atoms with van der Waals surface area (Å²) < 4.78 is 11.8. The second kappa shape index (κ2) is 8.86. The van der Waals surface area contributed by atoms with Crippen molar-refractivity contribution in [2.24, 2.45) is 5.92 Å². The number of furan rings is 1. The number of hydrogen-bond acceptors (Lipinski definition) is 6. The largest absolute Gasteiger partial charge is 0.494 e. The van der Waals surface area contributed by atoms with Gasteiger partial charge in [-0.1, -0.05) is 30.3 Å². The van der Waals surface area contributed by atoms with Crippen LogP contribution in [-0.4, -0.2) is 35.6 Å².